The van der Waals surface area contributed by atoms with Crippen LogP contribution >= 0.6 is 0 Å². The molecule has 5 heteroatoms. The zero-order valence-electron chi connectivity index (χ0n) is 17.7. The second-order valence-corrected chi connectivity index (χ2v) is 9.30. The van der Waals surface area contributed by atoms with Gasteiger partial charge in [0.1, 0.15) is 0 Å². The molecule has 2 atom stereocenters. The van der Waals surface area contributed by atoms with E-state index in [1.807, 2.05) is 24.3 Å². The highest BCUT2D eigenvalue weighted by molar-refractivity contribution is 6.24. The van der Waals surface area contributed by atoms with Crippen LogP contribution in [-0.2, 0) is 20.4 Å². The summed E-state index contributed by atoms with van der Waals surface area (Å²) < 4.78 is 0. The largest absolute Gasteiger partial charge is 0.545 e. The molecule has 2 bridgehead atoms. The van der Waals surface area contributed by atoms with Gasteiger partial charge in [-0.25, -0.2) is 4.90 Å². The molecule has 0 unspecified atom stereocenters. The van der Waals surface area contributed by atoms with Gasteiger partial charge in [0.25, 0.3) is 0 Å². The molecule has 1 aliphatic heterocycles. The lowest BCUT2D eigenvalue weighted by molar-refractivity contribution is -0.255. The molecule has 0 radical (unpaired) electrons. The van der Waals surface area contributed by atoms with Crippen LogP contribution in [-0.4, -0.2) is 17.8 Å². The number of benzene rings is 3. The maximum Gasteiger partial charge on any atom is 0.238 e. The van der Waals surface area contributed by atoms with Crippen molar-refractivity contribution in [2.75, 3.05) is 4.90 Å². The summed E-state index contributed by atoms with van der Waals surface area (Å²) in [5.41, 5.74) is 3.50. The normalized spacial score (nSPS) is 29.5. The Morgan fingerprint density at radius 3 is 1.44 bits per heavy atom. The lowest BCUT2D eigenvalue weighted by Gasteiger charge is -2.57. The van der Waals surface area contributed by atoms with Crippen LogP contribution in [0.3, 0.4) is 0 Å². The maximum absolute atomic E-state index is 13.9. The van der Waals surface area contributed by atoms with Crippen molar-refractivity contribution >= 4 is 23.5 Å². The van der Waals surface area contributed by atoms with Gasteiger partial charge in [-0.05, 0) is 39.9 Å². The average molecular weight is 422 g/mol. The third kappa shape index (κ3) is 1.97. The van der Waals surface area contributed by atoms with Crippen LogP contribution < -0.4 is 10.0 Å². The zero-order chi connectivity index (χ0) is 22.4. The zero-order valence-corrected chi connectivity index (χ0v) is 17.7. The molecule has 3 aromatic rings. The molecule has 32 heavy (non-hydrogen) atoms. The van der Waals surface area contributed by atoms with Gasteiger partial charge in [0.15, 0.2) is 0 Å². The van der Waals surface area contributed by atoms with E-state index in [2.05, 4.69) is 38.1 Å². The van der Waals surface area contributed by atoms with Crippen LogP contribution in [0, 0.1) is 11.8 Å². The number of imide groups is 1. The molecular formula is C27H20NO4-. The second-order valence-electron chi connectivity index (χ2n) is 9.30. The number of amides is 2. The minimum absolute atomic E-state index is 0.00376. The van der Waals surface area contributed by atoms with Gasteiger partial charge in [0.05, 0.1) is 23.5 Å². The average Bonchev–Trinajstić information content (AvgIpc) is 3.08. The number of carbonyl (C=O) groups is 3. The molecule has 3 aromatic carbocycles. The van der Waals surface area contributed by atoms with Gasteiger partial charge in [-0.1, -0.05) is 74.5 Å². The highest BCUT2D eigenvalue weighted by atomic mass is 16.4. The first-order valence-electron chi connectivity index (χ1n) is 10.7. The van der Waals surface area contributed by atoms with E-state index in [-0.39, 0.29) is 17.4 Å². The maximum atomic E-state index is 13.9. The van der Waals surface area contributed by atoms with E-state index in [0.717, 1.165) is 22.3 Å². The summed E-state index contributed by atoms with van der Waals surface area (Å²) in [5.74, 6) is -2.85. The van der Waals surface area contributed by atoms with E-state index < -0.39 is 28.6 Å². The fraction of sp³-hybridized carbons (Fsp3) is 0.222. The van der Waals surface area contributed by atoms with Crippen molar-refractivity contribution in [1.29, 1.82) is 0 Å². The Kier molecular flexibility index (Phi) is 3.53. The molecule has 158 valence electrons. The van der Waals surface area contributed by atoms with Crippen LogP contribution in [0.4, 0.5) is 5.69 Å². The van der Waals surface area contributed by atoms with Gasteiger partial charge in [0, 0.05) is 10.8 Å². The standard InChI is InChI=1S/C27H21NO4/c1-26-17-7-3-5-9-19(17)27(2,20-10-6-4-8-18(20)26)22-21(26)23(29)28(24(22)30)16-13-11-15(12-14-16)25(31)32/h3-14,21-22H,1-2H3,(H,31,32)/p-1/t21-,22+,26?,27?. The topological polar surface area (TPSA) is 77.5 Å². The molecule has 1 heterocycles. The van der Waals surface area contributed by atoms with Gasteiger partial charge < -0.3 is 9.90 Å². The monoisotopic (exact) mass is 422 g/mol. The SMILES string of the molecule is CC12c3ccccc3C(C)(c3ccccc31)[C@H]1C(=O)N(c3ccc(C(=O)[O-])cc3)C(=O)[C@H]12. The number of aromatic carboxylic acids is 1. The van der Waals surface area contributed by atoms with Crippen molar-refractivity contribution in [1.82, 2.24) is 0 Å². The first kappa shape index (κ1) is 19.0. The van der Waals surface area contributed by atoms with Crippen LogP contribution in [0.2, 0.25) is 0 Å². The molecule has 1 fully saturated rings. The van der Waals surface area contributed by atoms with E-state index in [0.29, 0.717) is 5.69 Å². The summed E-state index contributed by atoms with van der Waals surface area (Å²) in [4.78, 5) is 40.2. The fourth-order valence-corrected chi connectivity index (χ4v) is 6.57. The third-order valence-corrected chi connectivity index (χ3v) is 8.00. The minimum atomic E-state index is -1.30. The van der Waals surface area contributed by atoms with Crippen molar-refractivity contribution < 1.29 is 19.5 Å². The Balaban J connectivity index is 1.60. The summed E-state index contributed by atoms with van der Waals surface area (Å²) in [7, 11) is 0. The van der Waals surface area contributed by atoms with Crippen molar-refractivity contribution in [3.63, 3.8) is 0 Å². The Hall–Kier alpha value is -3.73. The molecule has 7 rings (SSSR count). The van der Waals surface area contributed by atoms with Crippen LogP contribution in [0.25, 0.3) is 0 Å². The van der Waals surface area contributed by atoms with Gasteiger partial charge in [-0.3, -0.25) is 9.59 Å². The summed E-state index contributed by atoms with van der Waals surface area (Å²) in [5, 5.41) is 11.1. The number of hydrogen-bond donors (Lipinski definition) is 0. The molecule has 5 nitrogen and oxygen atoms in total. The summed E-state index contributed by atoms with van der Waals surface area (Å²) in [6.45, 7) is 4.16. The Labute approximate surface area is 185 Å². The lowest BCUT2D eigenvalue weighted by atomic mass is 9.42. The van der Waals surface area contributed by atoms with Gasteiger partial charge in [0.2, 0.25) is 11.8 Å². The number of carboxylic acids is 1. The van der Waals surface area contributed by atoms with Gasteiger partial charge in [-0.15, -0.1) is 0 Å². The summed E-state index contributed by atoms with van der Waals surface area (Å²) in [6.07, 6.45) is 0. The third-order valence-electron chi connectivity index (χ3n) is 8.00. The van der Waals surface area contributed by atoms with Crippen LogP contribution in [0.1, 0.15) is 46.5 Å². The number of hydrogen-bond acceptors (Lipinski definition) is 4. The molecule has 0 saturated carbocycles. The van der Waals surface area contributed by atoms with Gasteiger partial charge >= 0.3 is 0 Å². The van der Waals surface area contributed by atoms with Crippen molar-refractivity contribution in [3.05, 3.63) is 101 Å². The molecule has 1 saturated heterocycles. The van der Waals surface area contributed by atoms with E-state index in [1.54, 1.807) is 0 Å². The lowest BCUT2D eigenvalue weighted by Crippen LogP contribution is -2.59. The van der Waals surface area contributed by atoms with E-state index in [1.165, 1.54) is 29.2 Å². The molecule has 0 aromatic heterocycles. The molecule has 0 N–H and O–H groups in total. The Morgan fingerprint density at radius 2 is 1.09 bits per heavy atom. The van der Waals surface area contributed by atoms with E-state index in [9.17, 15) is 19.5 Å². The fourth-order valence-electron chi connectivity index (χ4n) is 6.57. The summed E-state index contributed by atoms with van der Waals surface area (Å²) in [6, 6.07) is 22.0. The number of anilines is 1. The molecule has 4 aliphatic rings. The molecule has 0 spiro atoms. The summed E-state index contributed by atoms with van der Waals surface area (Å²) >= 11 is 0. The van der Waals surface area contributed by atoms with Gasteiger partial charge in [-0.2, -0.15) is 0 Å². The van der Waals surface area contributed by atoms with Crippen molar-refractivity contribution in [2.45, 2.75) is 24.7 Å². The predicted molar refractivity (Wildman–Crippen MR) is 116 cm³/mol. The Bertz CT molecular complexity index is 1220. The second kappa shape index (κ2) is 5.94. The highest BCUT2D eigenvalue weighted by Crippen LogP contribution is 2.66. The highest BCUT2D eigenvalue weighted by Gasteiger charge is 2.70. The Morgan fingerprint density at radius 1 is 0.719 bits per heavy atom. The van der Waals surface area contributed by atoms with Crippen LogP contribution in [0.5, 0.6) is 0 Å². The first-order chi connectivity index (χ1) is 15.3. The smallest absolute Gasteiger partial charge is 0.238 e. The minimum Gasteiger partial charge on any atom is -0.545 e. The van der Waals surface area contributed by atoms with E-state index >= 15 is 0 Å². The van der Waals surface area contributed by atoms with Crippen molar-refractivity contribution in [2.24, 2.45) is 11.8 Å². The molecule has 2 amide bonds. The van der Waals surface area contributed by atoms with Crippen molar-refractivity contribution in [3.8, 4) is 0 Å². The molecule has 3 aliphatic carbocycles. The predicted octanol–water partition coefficient (Wildman–Crippen LogP) is 2.79. The van der Waals surface area contributed by atoms with E-state index in [4.69, 9.17) is 0 Å². The van der Waals surface area contributed by atoms with Crippen LogP contribution in [0.15, 0.2) is 72.8 Å². The number of carboxylic acid groups (broad SMARTS) is 1. The number of carbonyl (C=O) groups excluding carboxylic acids is 3. The molecular weight excluding hydrogens is 402 g/mol. The number of rotatable bonds is 2. The quantitative estimate of drug-likeness (QED) is 0.595. The first-order valence-corrected chi connectivity index (χ1v) is 10.7. The number of nitrogens with zero attached hydrogens (tertiary/aromatic N) is 1.